The molecule has 3 rings (SSSR count). The van der Waals surface area contributed by atoms with Gasteiger partial charge in [-0.1, -0.05) is 50.6 Å². The van der Waals surface area contributed by atoms with E-state index < -0.39 is 0 Å². The number of rotatable bonds is 5. The summed E-state index contributed by atoms with van der Waals surface area (Å²) in [5, 5.41) is 0. The van der Waals surface area contributed by atoms with Crippen LogP contribution in [0.25, 0.3) is 0 Å². The molecule has 1 aromatic rings. The Morgan fingerprint density at radius 3 is 2.17 bits per heavy atom. The van der Waals surface area contributed by atoms with Crippen LogP contribution in [0, 0.1) is 11.8 Å². The number of carbonyl (C=O) groups is 2. The highest BCUT2D eigenvalue weighted by Gasteiger charge is 2.36. The molecule has 5 nitrogen and oxygen atoms in total. The summed E-state index contributed by atoms with van der Waals surface area (Å²) >= 11 is 0. The molecule has 1 aromatic carbocycles. The Labute approximate surface area is 175 Å². The lowest BCUT2D eigenvalue weighted by Gasteiger charge is -2.40. The number of hydrogen-bond acceptors (Lipinski definition) is 3. The molecule has 160 valence electrons. The molecule has 2 fully saturated rings. The quantitative estimate of drug-likeness (QED) is 0.757. The average Bonchev–Trinajstić information content (AvgIpc) is 2.73. The van der Waals surface area contributed by atoms with Crippen molar-refractivity contribution in [2.45, 2.75) is 65.1 Å². The summed E-state index contributed by atoms with van der Waals surface area (Å²) in [5.41, 5.74) is 1.10. The normalized spacial score (nSPS) is 25.5. The van der Waals surface area contributed by atoms with Crippen molar-refractivity contribution in [2.75, 3.05) is 26.2 Å². The van der Waals surface area contributed by atoms with E-state index >= 15 is 0 Å². The first-order chi connectivity index (χ1) is 13.9. The molecule has 0 saturated carbocycles. The van der Waals surface area contributed by atoms with Gasteiger partial charge in [0.1, 0.15) is 0 Å². The largest absolute Gasteiger partial charge is 0.372 e. The van der Waals surface area contributed by atoms with Crippen molar-refractivity contribution in [3.63, 3.8) is 0 Å². The van der Waals surface area contributed by atoms with Crippen molar-refractivity contribution in [2.24, 2.45) is 11.8 Å². The van der Waals surface area contributed by atoms with Gasteiger partial charge in [-0.15, -0.1) is 0 Å². The number of amides is 2. The van der Waals surface area contributed by atoms with Gasteiger partial charge in [-0.05, 0) is 38.2 Å². The van der Waals surface area contributed by atoms with Crippen molar-refractivity contribution < 1.29 is 14.3 Å². The Kier molecular flexibility index (Phi) is 7.33. The monoisotopic (exact) mass is 400 g/mol. The van der Waals surface area contributed by atoms with E-state index in [1.807, 2.05) is 41.8 Å². The average molecular weight is 401 g/mol. The van der Waals surface area contributed by atoms with E-state index in [4.69, 9.17) is 4.74 Å². The van der Waals surface area contributed by atoms with Crippen molar-refractivity contribution in [3.05, 3.63) is 35.9 Å². The summed E-state index contributed by atoms with van der Waals surface area (Å²) in [6, 6.07) is 10.1. The van der Waals surface area contributed by atoms with Gasteiger partial charge in [-0.3, -0.25) is 9.59 Å². The number of hydrogen-bond donors (Lipinski definition) is 0. The molecule has 2 amide bonds. The van der Waals surface area contributed by atoms with Crippen LogP contribution in [0.2, 0.25) is 0 Å². The first-order valence-electron chi connectivity index (χ1n) is 11.2. The molecule has 5 heteroatoms. The zero-order valence-corrected chi connectivity index (χ0v) is 18.3. The molecule has 0 spiro atoms. The molecule has 0 bridgehead atoms. The number of piperidine rings is 1. The van der Waals surface area contributed by atoms with Crippen LogP contribution in [-0.4, -0.2) is 60.0 Å². The molecular formula is C24H36N2O3. The third-order valence-corrected chi connectivity index (χ3v) is 6.52. The highest BCUT2D eigenvalue weighted by molar-refractivity contribution is 5.85. The van der Waals surface area contributed by atoms with Gasteiger partial charge in [-0.25, -0.2) is 0 Å². The summed E-state index contributed by atoms with van der Waals surface area (Å²) in [5.74, 6) is 0.663. The fourth-order valence-corrected chi connectivity index (χ4v) is 4.77. The zero-order chi connectivity index (χ0) is 21.0. The smallest absolute Gasteiger partial charge is 0.230 e. The fourth-order valence-electron chi connectivity index (χ4n) is 4.77. The maximum absolute atomic E-state index is 13.4. The molecule has 0 aromatic heterocycles. The molecule has 0 radical (unpaired) electrons. The molecule has 2 aliphatic rings. The van der Waals surface area contributed by atoms with E-state index in [9.17, 15) is 9.59 Å². The Balaban J connectivity index is 1.61. The minimum Gasteiger partial charge on any atom is -0.372 e. The van der Waals surface area contributed by atoms with Crippen LogP contribution in [0.3, 0.4) is 0 Å². The number of likely N-dealkylation sites (tertiary alicyclic amines) is 1. The molecule has 2 saturated heterocycles. The summed E-state index contributed by atoms with van der Waals surface area (Å²) in [6.45, 7) is 11.0. The van der Waals surface area contributed by atoms with Crippen molar-refractivity contribution in [1.82, 2.24) is 9.80 Å². The first-order valence-corrected chi connectivity index (χ1v) is 11.2. The standard InChI is InChI=1S/C24H36N2O3/c1-5-17(2)22(20-9-7-6-8-10-20)24(28)25-13-11-21(12-14-25)23(27)26-15-18(3)29-19(4)16-26/h6-10,17-19,21-22H,5,11-16H2,1-4H3. The summed E-state index contributed by atoms with van der Waals surface area (Å²) in [6.07, 6.45) is 2.66. The van der Waals surface area contributed by atoms with E-state index in [0.29, 0.717) is 32.1 Å². The fraction of sp³-hybridized carbons (Fsp3) is 0.667. The van der Waals surface area contributed by atoms with Crippen molar-refractivity contribution in [1.29, 1.82) is 0 Å². The van der Waals surface area contributed by atoms with Crippen LogP contribution in [-0.2, 0) is 14.3 Å². The van der Waals surface area contributed by atoms with Crippen LogP contribution in [0.1, 0.15) is 58.4 Å². The zero-order valence-electron chi connectivity index (χ0n) is 18.3. The molecule has 0 N–H and O–H groups in total. The third kappa shape index (κ3) is 5.19. The maximum atomic E-state index is 13.4. The van der Waals surface area contributed by atoms with E-state index in [0.717, 1.165) is 24.8 Å². The van der Waals surface area contributed by atoms with Gasteiger partial charge in [0.05, 0.1) is 18.1 Å². The van der Waals surface area contributed by atoms with Gasteiger partial charge < -0.3 is 14.5 Å². The van der Waals surface area contributed by atoms with Crippen LogP contribution in [0.5, 0.6) is 0 Å². The molecule has 4 unspecified atom stereocenters. The van der Waals surface area contributed by atoms with Crippen LogP contribution in [0.4, 0.5) is 0 Å². The van der Waals surface area contributed by atoms with Crippen molar-refractivity contribution >= 4 is 11.8 Å². The van der Waals surface area contributed by atoms with Crippen LogP contribution >= 0.6 is 0 Å². The van der Waals surface area contributed by atoms with Gasteiger partial charge in [0, 0.05) is 32.1 Å². The second-order valence-corrected chi connectivity index (χ2v) is 8.87. The Morgan fingerprint density at radius 2 is 1.62 bits per heavy atom. The number of benzene rings is 1. The maximum Gasteiger partial charge on any atom is 0.230 e. The second kappa shape index (κ2) is 9.75. The van der Waals surface area contributed by atoms with E-state index in [-0.39, 0.29) is 35.9 Å². The SMILES string of the molecule is CCC(C)C(C(=O)N1CCC(C(=O)N2CC(C)OC(C)C2)CC1)c1ccccc1. The Hall–Kier alpha value is -1.88. The number of carbonyl (C=O) groups excluding carboxylic acids is 2. The van der Waals surface area contributed by atoms with E-state index in [1.165, 1.54) is 0 Å². The minimum atomic E-state index is -0.102. The molecule has 29 heavy (non-hydrogen) atoms. The molecule has 2 aliphatic heterocycles. The predicted molar refractivity (Wildman–Crippen MR) is 115 cm³/mol. The van der Waals surface area contributed by atoms with Gasteiger partial charge in [0.2, 0.25) is 11.8 Å². The summed E-state index contributed by atoms with van der Waals surface area (Å²) in [7, 11) is 0. The summed E-state index contributed by atoms with van der Waals surface area (Å²) < 4.78 is 5.76. The molecule has 4 atom stereocenters. The lowest BCUT2D eigenvalue weighted by molar-refractivity contribution is -0.150. The first kappa shape index (κ1) is 21.8. The number of ether oxygens (including phenoxy) is 1. The molecular weight excluding hydrogens is 364 g/mol. The highest BCUT2D eigenvalue weighted by atomic mass is 16.5. The van der Waals surface area contributed by atoms with Gasteiger partial charge in [0.25, 0.3) is 0 Å². The second-order valence-electron chi connectivity index (χ2n) is 8.87. The molecule has 2 heterocycles. The topological polar surface area (TPSA) is 49.9 Å². The highest BCUT2D eigenvalue weighted by Crippen LogP contribution is 2.31. The predicted octanol–water partition coefficient (Wildman–Crippen LogP) is 3.69. The Morgan fingerprint density at radius 1 is 1.03 bits per heavy atom. The van der Waals surface area contributed by atoms with Crippen LogP contribution in [0.15, 0.2) is 30.3 Å². The number of nitrogens with zero attached hydrogens (tertiary/aromatic N) is 2. The lowest BCUT2D eigenvalue weighted by atomic mass is 9.83. The molecule has 0 aliphatic carbocycles. The minimum absolute atomic E-state index is 0.0234. The van der Waals surface area contributed by atoms with E-state index in [2.05, 4.69) is 26.0 Å². The van der Waals surface area contributed by atoms with E-state index in [1.54, 1.807) is 0 Å². The number of morpholine rings is 1. The van der Waals surface area contributed by atoms with Gasteiger partial charge in [0.15, 0.2) is 0 Å². The Bertz CT molecular complexity index is 675. The lowest BCUT2D eigenvalue weighted by Crippen LogP contribution is -2.52. The van der Waals surface area contributed by atoms with Crippen molar-refractivity contribution in [3.8, 4) is 0 Å². The van der Waals surface area contributed by atoms with Gasteiger partial charge >= 0.3 is 0 Å². The third-order valence-electron chi connectivity index (χ3n) is 6.52. The summed E-state index contributed by atoms with van der Waals surface area (Å²) in [4.78, 5) is 30.3. The van der Waals surface area contributed by atoms with Gasteiger partial charge in [-0.2, -0.15) is 0 Å². The van der Waals surface area contributed by atoms with Crippen LogP contribution < -0.4 is 0 Å².